The number of hydrogen-bond acceptors (Lipinski definition) is 7. The molecule has 3 rings (SSSR count). The fourth-order valence-electron chi connectivity index (χ4n) is 3.20. The average molecular weight is 404 g/mol. The third kappa shape index (κ3) is 4.57. The molecule has 0 atom stereocenters. The van der Waals surface area contributed by atoms with Crippen LogP contribution in [0.15, 0.2) is 34.1 Å². The van der Waals surface area contributed by atoms with Gasteiger partial charge < -0.3 is 10.4 Å². The maximum atomic E-state index is 12.3. The maximum Gasteiger partial charge on any atom is 0.348 e. The highest BCUT2D eigenvalue weighted by Gasteiger charge is 2.21. The van der Waals surface area contributed by atoms with Gasteiger partial charge in [0.05, 0.1) is 23.8 Å². The predicted octanol–water partition coefficient (Wildman–Crippen LogP) is 1.75. The summed E-state index contributed by atoms with van der Waals surface area (Å²) >= 11 is 1.20. The normalized spacial score (nSPS) is 13.0. The van der Waals surface area contributed by atoms with Gasteiger partial charge in [-0.1, -0.05) is 11.8 Å². The first-order chi connectivity index (χ1) is 13.5. The molecule has 0 saturated heterocycles. The fourth-order valence-corrected chi connectivity index (χ4v) is 4.07. The summed E-state index contributed by atoms with van der Waals surface area (Å²) in [6, 6.07) is 5.58. The van der Waals surface area contributed by atoms with Gasteiger partial charge >= 0.3 is 5.69 Å². The second-order valence-electron chi connectivity index (χ2n) is 6.35. The number of thioether (sulfide) groups is 1. The molecule has 0 fully saturated rings. The Balaban J connectivity index is 1.70. The second kappa shape index (κ2) is 8.98. The van der Waals surface area contributed by atoms with Crippen molar-refractivity contribution in [1.29, 1.82) is 0 Å². The number of hydrogen-bond donors (Lipinski definition) is 2. The van der Waals surface area contributed by atoms with Crippen LogP contribution in [0.1, 0.15) is 24.1 Å². The van der Waals surface area contributed by atoms with Crippen LogP contribution in [0.3, 0.4) is 0 Å². The Morgan fingerprint density at radius 3 is 2.68 bits per heavy atom. The molecule has 1 heterocycles. The van der Waals surface area contributed by atoms with Gasteiger partial charge in [-0.3, -0.25) is 19.5 Å². The Labute approximate surface area is 164 Å². The highest BCUT2D eigenvalue weighted by Crippen LogP contribution is 2.28. The van der Waals surface area contributed by atoms with Crippen molar-refractivity contribution >= 4 is 29.0 Å². The molecule has 1 amide bonds. The number of aliphatic hydroxyl groups excluding tert-OH is 1. The van der Waals surface area contributed by atoms with Gasteiger partial charge in [-0.2, -0.15) is 4.98 Å². The Hall–Kier alpha value is -2.72. The molecule has 2 aromatic rings. The number of benzene rings is 1. The van der Waals surface area contributed by atoms with Crippen LogP contribution in [-0.2, 0) is 24.2 Å². The van der Waals surface area contributed by atoms with E-state index >= 15 is 0 Å². The zero-order valence-electron chi connectivity index (χ0n) is 15.1. The molecule has 0 spiro atoms. The molecule has 28 heavy (non-hydrogen) atoms. The van der Waals surface area contributed by atoms with E-state index in [1.807, 2.05) is 0 Å². The van der Waals surface area contributed by atoms with Gasteiger partial charge in [-0.25, -0.2) is 4.79 Å². The minimum Gasteiger partial charge on any atom is -0.395 e. The molecule has 1 aromatic heterocycles. The summed E-state index contributed by atoms with van der Waals surface area (Å²) in [6.45, 7) is 0.0951. The molecule has 0 saturated carbocycles. The van der Waals surface area contributed by atoms with E-state index in [1.54, 1.807) is 0 Å². The lowest BCUT2D eigenvalue weighted by atomic mass is 9.97. The standard InChI is InChI=1S/C18H20N4O5S/c23-10-9-21-15-4-2-1-3-14(15)17(20-18(21)25)28-11-16(24)19-12-5-7-13(8-6-12)22(26)27/h5-8,23H,1-4,9-11H2,(H,19,24). The summed E-state index contributed by atoms with van der Waals surface area (Å²) < 4.78 is 1.52. The van der Waals surface area contributed by atoms with E-state index in [4.69, 9.17) is 0 Å². The number of rotatable bonds is 7. The first-order valence-electron chi connectivity index (χ1n) is 8.90. The number of nitrogens with zero attached hydrogens (tertiary/aromatic N) is 3. The largest absolute Gasteiger partial charge is 0.395 e. The van der Waals surface area contributed by atoms with Gasteiger partial charge in [0.1, 0.15) is 5.03 Å². The van der Waals surface area contributed by atoms with Gasteiger partial charge in [0.15, 0.2) is 0 Å². The maximum absolute atomic E-state index is 12.3. The average Bonchev–Trinajstić information content (AvgIpc) is 2.69. The van der Waals surface area contributed by atoms with Crippen molar-refractivity contribution in [3.05, 3.63) is 56.1 Å². The number of non-ortho nitro benzene ring substituents is 1. The number of carbonyl (C=O) groups is 1. The van der Waals surface area contributed by atoms with E-state index in [9.17, 15) is 24.8 Å². The van der Waals surface area contributed by atoms with Crippen LogP contribution in [0.2, 0.25) is 0 Å². The summed E-state index contributed by atoms with van der Waals surface area (Å²) in [5, 5.41) is 23.1. The second-order valence-corrected chi connectivity index (χ2v) is 7.31. The summed E-state index contributed by atoms with van der Waals surface area (Å²) in [5.41, 5.74) is 1.88. The lowest BCUT2D eigenvalue weighted by molar-refractivity contribution is -0.384. The highest BCUT2D eigenvalue weighted by atomic mass is 32.2. The molecule has 148 valence electrons. The number of carbonyl (C=O) groups excluding carboxylic acids is 1. The third-order valence-corrected chi connectivity index (χ3v) is 5.49. The Morgan fingerprint density at radius 2 is 2.00 bits per heavy atom. The van der Waals surface area contributed by atoms with Crippen LogP contribution < -0.4 is 11.0 Å². The van der Waals surface area contributed by atoms with Crippen molar-refractivity contribution in [2.45, 2.75) is 37.3 Å². The molecule has 1 aliphatic carbocycles. The van der Waals surface area contributed by atoms with Crippen LogP contribution in [0.25, 0.3) is 0 Å². The van der Waals surface area contributed by atoms with E-state index in [2.05, 4.69) is 10.3 Å². The fraction of sp³-hybridized carbons (Fsp3) is 0.389. The predicted molar refractivity (Wildman–Crippen MR) is 105 cm³/mol. The lowest BCUT2D eigenvalue weighted by Crippen LogP contribution is -2.31. The molecule has 0 bridgehead atoms. The van der Waals surface area contributed by atoms with Crippen LogP contribution >= 0.6 is 11.8 Å². The van der Waals surface area contributed by atoms with Gasteiger partial charge in [-0.15, -0.1) is 0 Å². The molecule has 10 heteroatoms. The topological polar surface area (TPSA) is 127 Å². The highest BCUT2D eigenvalue weighted by molar-refractivity contribution is 8.00. The smallest absolute Gasteiger partial charge is 0.348 e. The minimum atomic E-state index is -0.505. The van der Waals surface area contributed by atoms with Gasteiger partial charge in [0.2, 0.25) is 5.91 Å². The van der Waals surface area contributed by atoms with E-state index in [1.165, 1.54) is 40.6 Å². The zero-order valence-corrected chi connectivity index (χ0v) is 15.9. The Bertz CT molecular complexity index is 942. The molecule has 2 N–H and O–H groups in total. The first kappa shape index (κ1) is 20.0. The number of nitrogens with one attached hydrogen (secondary N) is 1. The van der Waals surface area contributed by atoms with E-state index in [-0.39, 0.29) is 30.5 Å². The lowest BCUT2D eigenvalue weighted by Gasteiger charge is -2.22. The number of nitro groups is 1. The van der Waals surface area contributed by atoms with Gasteiger partial charge in [0, 0.05) is 29.1 Å². The molecule has 9 nitrogen and oxygen atoms in total. The summed E-state index contributed by atoms with van der Waals surface area (Å²) in [5.74, 6) is -0.218. The monoisotopic (exact) mass is 404 g/mol. The van der Waals surface area contributed by atoms with Crippen LogP contribution in [0, 0.1) is 10.1 Å². The van der Waals surface area contributed by atoms with Crippen LogP contribution in [-0.4, -0.2) is 37.8 Å². The van der Waals surface area contributed by atoms with E-state index in [0.29, 0.717) is 10.7 Å². The van der Waals surface area contributed by atoms with Crippen molar-refractivity contribution in [2.75, 3.05) is 17.7 Å². The van der Waals surface area contributed by atoms with E-state index < -0.39 is 10.6 Å². The van der Waals surface area contributed by atoms with Crippen molar-refractivity contribution < 1.29 is 14.8 Å². The van der Waals surface area contributed by atoms with Crippen LogP contribution in [0.5, 0.6) is 0 Å². The van der Waals surface area contributed by atoms with Crippen LogP contribution in [0.4, 0.5) is 11.4 Å². The molecule has 1 aliphatic rings. The minimum absolute atomic E-state index is 0.0494. The molecule has 0 radical (unpaired) electrons. The number of nitro benzene ring substituents is 1. The molecule has 0 aliphatic heterocycles. The van der Waals surface area contributed by atoms with Crippen molar-refractivity contribution in [3.8, 4) is 0 Å². The number of aliphatic hydroxyl groups is 1. The SMILES string of the molecule is O=C(CSc1nc(=O)n(CCO)c2c1CCCC2)Nc1ccc([N+](=O)[O-])cc1. The number of anilines is 1. The molecular weight excluding hydrogens is 384 g/mol. The van der Waals surface area contributed by atoms with Crippen molar-refractivity contribution in [2.24, 2.45) is 0 Å². The zero-order chi connectivity index (χ0) is 20.1. The number of amides is 1. The molecular formula is C18H20N4O5S. The number of fused-ring (bicyclic) bond motifs is 1. The first-order valence-corrected chi connectivity index (χ1v) is 9.88. The van der Waals surface area contributed by atoms with Gasteiger partial charge in [0.25, 0.3) is 5.69 Å². The summed E-state index contributed by atoms with van der Waals surface area (Å²) in [7, 11) is 0. The van der Waals surface area contributed by atoms with Gasteiger partial charge in [-0.05, 0) is 37.8 Å². The summed E-state index contributed by atoms with van der Waals surface area (Å²) in [6.07, 6.45) is 3.52. The molecule has 0 unspecified atom stereocenters. The number of aromatic nitrogens is 2. The quantitative estimate of drug-likeness (QED) is 0.311. The van der Waals surface area contributed by atoms with E-state index in [0.717, 1.165) is 36.9 Å². The summed E-state index contributed by atoms with van der Waals surface area (Å²) in [4.78, 5) is 38.8. The third-order valence-electron chi connectivity index (χ3n) is 4.48. The van der Waals surface area contributed by atoms with Crippen molar-refractivity contribution in [3.63, 3.8) is 0 Å². The molecule has 1 aromatic carbocycles. The van der Waals surface area contributed by atoms with Crippen molar-refractivity contribution in [1.82, 2.24) is 9.55 Å². The Morgan fingerprint density at radius 1 is 1.29 bits per heavy atom. The Kier molecular flexibility index (Phi) is 6.42.